The van der Waals surface area contributed by atoms with E-state index < -0.39 is 17.3 Å². The highest BCUT2D eigenvalue weighted by atomic mass is 19.3. The molecule has 0 amide bonds. The molecule has 24 heavy (non-hydrogen) atoms. The number of hydrogen-bond acceptors (Lipinski definition) is 3. The minimum Gasteiger partial charge on any atom is -0.478 e. The van der Waals surface area contributed by atoms with Gasteiger partial charge >= 0.3 is 5.97 Å². The van der Waals surface area contributed by atoms with Gasteiger partial charge in [0.2, 0.25) is 5.88 Å². The first-order valence-electron chi connectivity index (χ1n) is 7.59. The van der Waals surface area contributed by atoms with Crippen LogP contribution in [0.15, 0.2) is 36.5 Å². The maximum Gasteiger partial charge on any atom is 0.337 e. The van der Waals surface area contributed by atoms with Crippen molar-refractivity contribution in [2.75, 3.05) is 0 Å². The Morgan fingerprint density at radius 3 is 2.46 bits per heavy atom. The summed E-state index contributed by atoms with van der Waals surface area (Å²) in [6, 6.07) is 7.90. The smallest absolute Gasteiger partial charge is 0.337 e. The zero-order chi connectivity index (χ0) is 17.5. The van der Waals surface area contributed by atoms with E-state index in [1.165, 1.54) is 18.3 Å². The molecular formula is C18H17F2NO3. The third-order valence-electron chi connectivity index (χ3n) is 4.52. The number of alkyl halides is 2. The molecule has 0 spiro atoms. The molecule has 1 fully saturated rings. The van der Waals surface area contributed by atoms with E-state index in [1.54, 1.807) is 25.1 Å². The summed E-state index contributed by atoms with van der Waals surface area (Å²) < 4.78 is 33.3. The van der Waals surface area contributed by atoms with Crippen molar-refractivity contribution in [2.24, 2.45) is 0 Å². The Kier molecular flexibility index (Phi) is 3.78. The number of rotatable bonds is 5. The van der Waals surface area contributed by atoms with E-state index in [9.17, 15) is 13.6 Å². The predicted molar refractivity (Wildman–Crippen MR) is 84.0 cm³/mol. The fourth-order valence-electron chi connectivity index (χ4n) is 2.85. The van der Waals surface area contributed by atoms with Gasteiger partial charge in [0.05, 0.1) is 11.0 Å². The molecule has 0 atom stereocenters. The number of halogens is 2. The van der Waals surface area contributed by atoms with Crippen LogP contribution in [0.3, 0.4) is 0 Å². The summed E-state index contributed by atoms with van der Waals surface area (Å²) in [6.07, 6.45) is 2.17. The van der Waals surface area contributed by atoms with Crippen LogP contribution in [0.1, 0.15) is 41.3 Å². The van der Waals surface area contributed by atoms with E-state index in [0.29, 0.717) is 24.2 Å². The van der Waals surface area contributed by atoms with Crippen molar-refractivity contribution in [1.82, 2.24) is 4.98 Å². The number of hydrogen-bond donors (Lipinski definition) is 1. The molecule has 4 nitrogen and oxygen atoms in total. The van der Waals surface area contributed by atoms with Crippen LogP contribution in [0.5, 0.6) is 11.6 Å². The largest absolute Gasteiger partial charge is 0.478 e. The third-order valence-corrected chi connectivity index (χ3v) is 4.52. The molecule has 2 aromatic rings. The highest BCUT2D eigenvalue weighted by molar-refractivity contribution is 5.87. The van der Waals surface area contributed by atoms with Gasteiger partial charge in [-0.05, 0) is 43.0 Å². The van der Waals surface area contributed by atoms with E-state index in [0.717, 1.165) is 12.5 Å². The number of aryl methyl sites for hydroxylation is 1. The Morgan fingerprint density at radius 1 is 1.29 bits per heavy atom. The molecule has 6 heteroatoms. The van der Waals surface area contributed by atoms with Crippen LogP contribution in [0.4, 0.5) is 8.78 Å². The number of carboxylic acids is 1. The number of pyridine rings is 1. The predicted octanol–water partition coefficient (Wildman–Crippen LogP) is 4.57. The maximum absolute atomic E-state index is 13.8. The van der Waals surface area contributed by atoms with Crippen molar-refractivity contribution in [1.29, 1.82) is 0 Å². The van der Waals surface area contributed by atoms with Gasteiger partial charge in [0.25, 0.3) is 5.92 Å². The standard InChI is InChI=1S/C18H17F2NO3/c1-11-9-13(18(7-8-18)17(2,19)20)4-5-14(11)24-15-6-3-12(10-21-15)16(22)23/h3-6,9-10H,7-8H2,1-2H3,(H,22,23). The average Bonchev–Trinajstić information content (AvgIpc) is 3.31. The molecule has 3 rings (SSSR count). The number of carbonyl (C=O) groups is 1. The van der Waals surface area contributed by atoms with Crippen LogP contribution in [0, 0.1) is 6.92 Å². The second kappa shape index (κ2) is 5.54. The first kappa shape index (κ1) is 16.4. The molecule has 126 valence electrons. The summed E-state index contributed by atoms with van der Waals surface area (Å²) in [4.78, 5) is 14.7. The lowest BCUT2D eigenvalue weighted by atomic mass is 9.89. The number of benzene rings is 1. The molecule has 1 aliphatic rings. The molecule has 1 N–H and O–H groups in total. The Bertz CT molecular complexity index is 778. The van der Waals surface area contributed by atoms with Crippen LogP contribution >= 0.6 is 0 Å². The third kappa shape index (κ3) is 2.84. The van der Waals surface area contributed by atoms with Crippen molar-refractivity contribution >= 4 is 5.97 Å². The molecule has 1 aromatic carbocycles. The SMILES string of the molecule is Cc1cc(C2(C(C)(F)F)CC2)ccc1Oc1ccc(C(=O)O)cn1. The number of nitrogens with zero attached hydrogens (tertiary/aromatic N) is 1. The fraction of sp³-hybridized carbons (Fsp3) is 0.333. The van der Waals surface area contributed by atoms with Gasteiger partial charge in [0, 0.05) is 19.2 Å². The van der Waals surface area contributed by atoms with E-state index in [4.69, 9.17) is 9.84 Å². The summed E-state index contributed by atoms with van der Waals surface area (Å²) in [5.41, 5.74) is 0.356. The monoisotopic (exact) mass is 333 g/mol. The van der Waals surface area contributed by atoms with Crippen LogP contribution < -0.4 is 4.74 Å². The molecule has 1 aliphatic carbocycles. The summed E-state index contributed by atoms with van der Waals surface area (Å²) in [5, 5.41) is 8.85. The number of aromatic carboxylic acids is 1. The second-order valence-electron chi connectivity index (χ2n) is 6.24. The van der Waals surface area contributed by atoms with Gasteiger partial charge in [-0.2, -0.15) is 0 Å². The Balaban J connectivity index is 1.82. The number of ether oxygens (including phenoxy) is 1. The summed E-state index contributed by atoms with van der Waals surface area (Å²) in [5.74, 6) is -3.07. The fourth-order valence-corrected chi connectivity index (χ4v) is 2.85. The first-order chi connectivity index (χ1) is 11.2. The van der Waals surface area contributed by atoms with Crippen molar-refractivity contribution in [3.05, 3.63) is 53.2 Å². The zero-order valence-corrected chi connectivity index (χ0v) is 13.3. The first-order valence-corrected chi connectivity index (χ1v) is 7.59. The average molecular weight is 333 g/mol. The number of aromatic nitrogens is 1. The van der Waals surface area contributed by atoms with Crippen LogP contribution in [-0.4, -0.2) is 22.0 Å². The normalized spacial score (nSPS) is 15.8. The molecule has 1 heterocycles. The highest BCUT2D eigenvalue weighted by Crippen LogP contribution is 2.58. The summed E-state index contributed by atoms with van der Waals surface area (Å²) >= 11 is 0. The minimum absolute atomic E-state index is 0.0651. The molecule has 0 aliphatic heterocycles. The van der Waals surface area contributed by atoms with Crippen molar-refractivity contribution < 1.29 is 23.4 Å². The molecule has 1 aromatic heterocycles. The lowest BCUT2D eigenvalue weighted by Crippen LogP contribution is -2.30. The molecule has 0 saturated heterocycles. The van der Waals surface area contributed by atoms with Crippen molar-refractivity contribution in [2.45, 2.75) is 38.0 Å². The van der Waals surface area contributed by atoms with E-state index in [2.05, 4.69) is 4.98 Å². The van der Waals surface area contributed by atoms with Crippen LogP contribution in [0.2, 0.25) is 0 Å². The highest BCUT2D eigenvalue weighted by Gasteiger charge is 2.60. The second-order valence-corrected chi connectivity index (χ2v) is 6.24. The summed E-state index contributed by atoms with van der Waals surface area (Å²) in [6.45, 7) is 2.75. The van der Waals surface area contributed by atoms with Gasteiger partial charge < -0.3 is 9.84 Å². The maximum atomic E-state index is 13.8. The lowest BCUT2D eigenvalue weighted by Gasteiger charge is -2.24. The van der Waals surface area contributed by atoms with Crippen LogP contribution in [0.25, 0.3) is 0 Å². The van der Waals surface area contributed by atoms with Gasteiger partial charge in [0.15, 0.2) is 0 Å². The van der Waals surface area contributed by atoms with Crippen molar-refractivity contribution in [3.63, 3.8) is 0 Å². The van der Waals surface area contributed by atoms with Gasteiger partial charge in [-0.25, -0.2) is 18.6 Å². The quantitative estimate of drug-likeness (QED) is 0.871. The van der Waals surface area contributed by atoms with Gasteiger partial charge in [0.1, 0.15) is 5.75 Å². The molecule has 0 unspecified atom stereocenters. The van der Waals surface area contributed by atoms with E-state index in [-0.39, 0.29) is 11.4 Å². The van der Waals surface area contributed by atoms with Crippen LogP contribution in [-0.2, 0) is 5.41 Å². The lowest BCUT2D eigenvalue weighted by molar-refractivity contribution is -0.0200. The molecule has 1 saturated carbocycles. The topological polar surface area (TPSA) is 59.4 Å². The van der Waals surface area contributed by atoms with Gasteiger partial charge in [-0.3, -0.25) is 0 Å². The van der Waals surface area contributed by atoms with Gasteiger partial charge in [-0.1, -0.05) is 12.1 Å². The van der Waals surface area contributed by atoms with E-state index >= 15 is 0 Å². The van der Waals surface area contributed by atoms with Crippen molar-refractivity contribution in [3.8, 4) is 11.6 Å². The van der Waals surface area contributed by atoms with E-state index in [1.807, 2.05) is 0 Å². The summed E-state index contributed by atoms with van der Waals surface area (Å²) in [7, 11) is 0. The van der Waals surface area contributed by atoms with Gasteiger partial charge in [-0.15, -0.1) is 0 Å². The Morgan fingerprint density at radius 2 is 2.00 bits per heavy atom. The molecule has 0 radical (unpaired) electrons. The minimum atomic E-state index is -2.75. The zero-order valence-electron chi connectivity index (χ0n) is 13.3. The molecule has 0 bridgehead atoms. The Labute approximate surface area is 138 Å². The number of carboxylic acid groups (broad SMARTS) is 1. The Hall–Kier alpha value is -2.50. The molecular weight excluding hydrogens is 316 g/mol.